The molecular weight excluding hydrogens is 206 g/mol. The highest BCUT2D eigenvalue weighted by Crippen LogP contribution is 2.50. The minimum Gasteiger partial charge on any atom is -0.358 e. The molecule has 0 bridgehead atoms. The maximum absolute atomic E-state index is 10.3. The zero-order valence-corrected chi connectivity index (χ0v) is 9.64. The molecule has 1 amide bonds. The summed E-state index contributed by atoms with van der Waals surface area (Å²) in [5.41, 5.74) is 1.62. The van der Waals surface area contributed by atoms with E-state index in [0.717, 1.165) is 13.0 Å². The molecule has 1 aromatic carbocycles. The number of hydrogen-bond acceptors (Lipinski definition) is 2. The van der Waals surface area contributed by atoms with E-state index < -0.39 is 0 Å². The fourth-order valence-corrected chi connectivity index (χ4v) is 2.73. The lowest BCUT2D eigenvalue weighted by molar-refractivity contribution is -0.109. The first-order chi connectivity index (χ1) is 7.32. The first-order valence-electron chi connectivity index (χ1n) is 5.13. The summed E-state index contributed by atoms with van der Waals surface area (Å²) in [5.74, 6) is 0. The molecule has 1 N–H and O–H groups in total. The molecule has 3 heteroatoms. The third kappa shape index (κ3) is 2.02. The Kier molecular flexibility index (Phi) is 3.00. The third-order valence-electron chi connectivity index (χ3n) is 3.06. The van der Waals surface area contributed by atoms with Crippen molar-refractivity contribution >= 4 is 18.2 Å². The van der Waals surface area contributed by atoms with Gasteiger partial charge in [-0.05, 0) is 30.7 Å². The molecule has 1 aromatic rings. The van der Waals surface area contributed by atoms with Crippen LogP contribution in [0.15, 0.2) is 29.2 Å². The molecule has 0 unspecified atom stereocenters. The lowest BCUT2D eigenvalue weighted by Gasteiger charge is -2.17. The van der Waals surface area contributed by atoms with E-state index in [1.165, 1.54) is 23.3 Å². The molecule has 1 aliphatic rings. The lowest BCUT2D eigenvalue weighted by atomic mass is 9.96. The van der Waals surface area contributed by atoms with Crippen molar-refractivity contribution in [2.24, 2.45) is 0 Å². The number of benzene rings is 1. The van der Waals surface area contributed by atoms with Crippen molar-refractivity contribution in [1.82, 2.24) is 5.32 Å². The minimum atomic E-state index is 0.223. The number of carbonyl (C=O) groups excluding carboxylic acids is 1. The van der Waals surface area contributed by atoms with Gasteiger partial charge in [0.2, 0.25) is 6.41 Å². The van der Waals surface area contributed by atoms with Crippen molar-refractivity contribution in [3.63, 3.8) is 0 Å². The van der Waals surface area contributed by atoms with Gasteiger partial charge in [-0.25, -0.2) is 0 Å². The van der Waals surface area contributed by atoms with Crippen molar-refractivity contribution in [3.8, 4) is 0 Å². The highest BCUT2D eigenvalue weighted by molar-refractivity contribution is 7.98. The molecule has 0 atom stereocenters. The zero-order valence-electron chi connectivity index (χ0n) is 8.82. The smallest absolute Gasteiger partial charge is 0.207 e. The van der Waals surface area contributed by atoms with Crippen LogP contribution in [0.3, 0.4) is 0 Å². The molecule has 0 aromatic heterocycles. The molecule has 80 valence electrons. The van der Waals surface area contributed by atoms with Crippen molar-refractivity contribution in [2.75, 3.05) is 12.8 Å². The summed E-state index contributed by atoms with van der Waals surface area (Å²) in [6.07, 6.45) is 5.26. The summed E-state index contributed by atoms with van der Waals surface area (Å²) in [6.45, 7) is 0.772. The van der Waals surface area contributed by atoms with E-state index in [2.05, 4.69) is 35.8 Å². The van der Waals surface area contributed by atoms with Gasteiger partial charge in [0.15, 0.2) is 0 Å². The highest BCUT2D eigenvalue weighted by Gasteiger charge is 2.45. The van der Waals surface area contributed by atoms with Gasteiger partial charge in [0.05, 0.1) is 0 Å². The first kappa shape index (κ1) is 10.6. The van der Waals surface area contributed by atoms with E-state index in [0.29, 0.717) is 0 Å². The van der Waals surface area contributed by atoms with Gasteiger partial charge >= 0.3 is 0 Å². The van der Waals surface area contributed by atoms with E-state index in [1.807, 2.05) is 0 Å². The molecule has 0 radical (unpaired) electrons. The average Bonchev–Trinajstić information content (AvgIpc) is 3.07. The standard InChI is InChI=1S/C12H15NOS/c1-15-11-5-3-2-4-10(11)12(6-7-12)8-13-9-14/h2-5,9H,6-8H2,1H3,(H,13,14). The lowest BCUT2D eigenvalue weighted by Crippen LogP contribution is -2.26. The van der Waals surface area contributed by atoms with Crippen molar-refractivity contribution in [1.29, 1.82) is 0 Å². The summed E-state index contributed by atoms with van der Waals surface area (Å²) in [4.78, 5) is 11.7. The van der Waals surface area contributed by atoms with Crippen molar-refractivity contribution < 1.29 is 4.79 Å². The van der Waals surface area contributed by atoms with E-state index in [1.54, 1.807) is 11.8 Å². The van der Waals surface area contributed by atoms with Gasteiger partial charge in [-0.3, -0.25) is 4.79 Å². The molecule has 0 heterocycles. The van der Waals surface area contributed by atoms with Crippen LogP contribution in [0.25, 0.3) is 0 Å². The molecule has 15 heavy (non-hydrogen) atoms. The van der Waals surface area contributed by atoms with Gasteiger partial charge in [-0.1, -0.05) is 18.2 Å². The van der Waals surface area contributed by atoms with Gasteiger partial charge < -0.3 is 5.32 Å². The Balaban J connectivity index is 2.24. The number of hydrogen-bond donors (Lipinski definition) is 1. The van der Waals surface area contributed by atoms with E-state index >= 15 is 0 Å². The number of amides is 1. The Labute approximate surface area is 94.4 Å². The molecule has 0 aliphatic heterocycles. The van der Waals surface area contributed by atoms with Crippen LogP contribution in [-0.4, -0.2) is 19.2 Å². The van der Waals surface area contributed by atoms with Gasteiger partial charge in [-0.2, -0.15) is 0 Å². The number of rotatable bonds is 5. The number of thioether (sulfide) groups is 1. The number of nitrogens with one attached hydrogen (secondary N) is 1. The topological polar surface area (TPSA) is 29.1 Å². The summed E-state index contributed by atoms with van der Waals surface area (Å²) < 4.78 is 0. The predicted octanol–water partition coefficient (Wildman–Crippen LogP) is 2.19. The van der Waals surface area contributed by atoms with E-state index in [4.69, 9.17) is 0 Å². The summed E-state index contributed by atoms with van der Waals surface area (Å²) in [7, 11) is 0. The molecule has 1 fully saturated rings. The van der Waals surface area contributed by atoms with Crippen LogP contribution < -0.4 is 5.32 Å². The van der Waals surface area contributed by atoms with Gasteiger partial charge in [0, 0.05) is 16.9 Å². The number of carbonyl (C=O) groups is 1. The van der Waals surface area contributed by atoms with Crippen molar-refractivity contribution in [2.45, 2.75) is 23.2 Å². The van der Waals surface area contributed by atoms with Crippen LogP contribution in [0.1, 0.15) is 18.4 Å². The van der Waals surface area contributed by atoms with Crippen LogP contribution in [0, 0.1) is 0 Å². The minimum absolute atomic E-state index is 0.223. The fraction of sp³-hybridized carbons (Fsp3) is 0.417. The van der Waals surface area contributed by atoms with Gasteiger partial charge in [0.1, 0.15) is 0 Å². The molecule has 1 aliphatic carbocycles. The summed E-state index contributed by atoms with van der Waals surface area (Å²) in [6, 6.07) is 8.49. The van der Waals surface area contributed by atoms with Crippen LogP contribution in [-0.2, 0) is 10.2 Å². The molecular formula is C12H15NOS. The Morgan fingerprint density at radius 2 is 2.20 bits per heavy atom. The first-order valence-corrected chi connectivity index (χ1v) is 6.35. The largest absolute Gasteiger partial charge is 0.358 e. The highest BCUT2D eigenvalue weighted by atomic mass is 32.2. The van der Waals surface area contributed by atoms with Crippen LogP contribution in [0.2, 0.25) is 0 Å². The zero-order chi connectivity index (χ0) is 10.7. The summed E-state index contributed by atoms with van der Waals surface area (Å²) >= 11 is 1.78. The molecule has 1 saturated carbocycles. The second kappa shape index (κ2) is 4.27. The average molecular weight is 221 g/mol. The SMILES string of the molecule is CSc1ccccc1C1(CNC=O)CC1. The summed E-state index contributed by atoms with van der Waals surface area (Å²) in [5, 5.41) is 2.81. The fourth-order valence-electron chi connectivity index (χ4n) is 2.01. The Morgan fingerprint density at radius 1 is 1.47 bits per heavy atom. The quantitative estimate of drug-likeness (QED) is 0.610. The predicted molar refractivity (Wildman–Crippen MR) is 63.2 cm³/mol. The van der Waals surface area contributed by atoms with E-state index in [9.17, 15) is 4.79 Å². The van der Waals surface area contributed by atoms with Gasteiger partial charge in [0.25, 0.3) is 0 Å². The van der Waals surface area contributed by atoms with Gasteiger partial charge in [-0.15, -0.1) is 11.8 Å². The molecule has 0 saturated heterocycles. The Hall–Kier alpha value is -0.960. The maximum atomic E-state index is 10.3. The van der Waals surface area contributed by atoms with Crippen LogP contribution in [0.4, 0.5) is 0 Å². The second-order valence-electron chi connectivity index (χ2n) is 3.98. The normalized spacial score (nSPS) is 17.1. The van der Waals surface area contributed by atoms with Crippen molar-refractivity contribution in [3.05, 3.63) is 29.8 Å². The Morgan fingerprint density at radius 3 is 2.80 bits per heavy atom. The third-order valence-corrected chi connectivity index (χ3v) is 3.85. The second-order valence-corrected chi connectivity index (χ2v) is 4.83. The van der Waals surface area contributed by atoms with Crippen LogP contribution in [0.5, 0.6) is 0 Å². The van der Waals surface area contributed by atoms with E-state index in [-0.39, 0.29) is 5.41 Å². The molecule has 0 spiro atoms. The maximum Gasteiger partial charge on any atom is 0.207 e. The molecule has 2 nitrogen and oxygen atoms in total. The monoisotopic (exact) mass is 221 g/mol. The molecule has 2 rings (SSSR count). The Bertz CT molecular complexity index is 360. The van der Waals surface area contributed by atoms with Crippen LogP contribution >= 0.6 is 11.8 Å².